The first-order valence-electron chi connectivity index (χ1n) is 14.7. The molecule has 1 amide bonds. The Balaban J connectivity index is 0.000000320. The van der Waals surface area contributed by atoms with Crippen LogP contribution in [0, 0.1) is 5.92 Å². The third-order valence-electron chi connectivity index (χ3n) is 6.69. The zero-order valence-electron chi connectivity index (χ0n) is 25.4. The first kappa shape index (κ1) is 33.8. The van der Waals surface area contributed by atoms with Crippen molar-refractivity contribution < 1.29 is 9.59 Å². The van der Waals surface area contributed by atoms with Gasteiger partial charge in [-0.15, -0.1) is 0 Å². The molecule has 0 saturated heterocycles. The molecule has 3 nitrogen and oxygen atoms in total. The number of anilines is 1. The van der Waals surface area contributed by atoms with Gasteiger partial charge in [0.1, 0.15) is 0 Å². The van der Waals surface area contributed by atoms with Gasteiger partial charge in [0.15, 0.2) is 5.78 Å². The molecule has 3 heteroatoms. The summed E-state index contributed by atoms with van der Waals surface area (Å²) in [4.78, 5) is 22.4. The first-order chi connectivity index (χ1) is 18.7. The van der Waals surface area contributed by atoms with Gasteiger partial charge in [-0.2, -0.15) is 0 Å². The molecule has 0 aliphatic heterocycles. The first-order valence-corrected chi connectivity index (χ1v) is 14.7. The molecule has 0 aromatic heterocycles. The maximum absolute atomic E-state index is 11.7. The molecule has 1 atom stereocenters. The predicted molar refractivity (Wildman–Crippen MR) is 169 cm³/mol. The molecule has 212 valence electrons. The number of Topliss-reactive ketones (excluding diaryl/α,β-unsaturated/α-hetero) is 1. The minimum absolute atomic E-state index is 0.0192. The van der Waals surface area contributed by atoms with Gasteiger partial charge >= 0.3 is 0 Å². The number of hydrogen-bond acceptors (Lipinski definition) is 2. The van der Waals surface area contributed by atoms with E-state index in [0.29, 0.717) is 5.92 Å². The van der Waals surface area contributed by atoms with Crippen molar-refractivity contribution in [1.29, 1.82) is 0 Å². The molecular formula is C36H51NO2. The van der Waals surface area contributed by atoms with Crippen LogP contribution in [-0.4, -0.2) is 11.7 Å². The molecule has 0 radical (unpaired) electrons. The average Bonchev–Trinajstić information content (AvgIpc) is 2.95. The fraction of sp³-hybridized carbons (Fsp3) is 0.444. The molecule has 39 heavy (non-hydrogen) atoms. The summed E-state index contributed by atoms with van der Waals surface area (Å²) in [7, 11) is 0. The Hall–Kier alpha value is -3.20. The molecule has 3 rings (SSSR count). The quantitative estimate of drug-likeness (QED) is 0.251. The van der Waals surface area contributed by atoms with Crippen LogP contribution >= 0.6 is 0 Å². The van der Waals surface area contributed by atoms with E-state index in [9.17, 15) is 9.59 Å². The number of rotatable bonds is 11. The standard InChI is InChI=1S/C17H27NO.C11H16.C8H8O/c1-5-8-14(9-6-2)15-10-7-11-16(12-15)18-17(19)13(3)4;1-3-7-10(2)11-8-5-4-6-9-11;1-7(9)8-5-3-2-4-6-8/h7,10-14H,5-6,8-9H2,1-4H3,(H,18,19);4-6,8-10H,3,7H2,1-2H3;2-6H,1H3. The van der Waals surface area contributed by atoms with E-state index in [4.69, 9.17) is 0 Å². The van der Waals surface area contributed by atoms with Gasteiger partial charge in [-0.3, -0.25) is 9.59 Å². The molecule has 0 aliphatic carbocycles. The Morgan fingerprint density at radius 1 is 0.667 bits per heavy atom. The van der Waals surface area contributed by atoms with E-state index in [1.54, 1.807) is 6.92 Å². The van der Waals surface area contributed by atoms with Gasteiger partial charge in [-0.1, -0.05) is 134 Å². The molecular weight excluding hydrogens is 478 g/mol. The number of carbonyl (C=O) groups excluding carboxylic acids is 2. The second-order valence-electron chi connectivity index (χ2n) is 10.6. The van der Waals surface area contributed by atoms with E-state index in [0.717, 1.165) is 17.2 Å². The van der Waals surface area contributed by atoms with Crippen LogP contribution in [0.3, 0.4) is 0 Å². The van der Waals surface area contributed by atoms with Crippen molar-refractivity contribution in [1.82, 2.24) is 0 Å². The fourth-order valence-corrected chi connectivity index (χ4v) is 4.39. The summed E-state index contributed by atoms with van der Waals surface area (Å²) in [5.41, 5.74) is 4.52. The molecule has 3 aromatic rings. The molecule has 0 aliphatic rings. The van der Waals surface area contributed by atoms with Gasteiger partial charge in [-0.25, -0.2) is 0 Å². The van der Waals surface area contributed by atoms with E-state index in [2.05, 4.69) is 75.5 Å². The second kappa shape index (κ2) is 19.8. The maximum atomic E-state index is 11.7. The van der Waals surface area contributed by atoms with E-state index in [1.165, 1.54) is 49.7 Å². The molecule has 3 aromatic carbocycles. The topological polar surface area (TPSA) is 46.2 Å². The van der Waals surface area contributed by atoms with Crippen molar-refractivity contribution in [3.05, 3.63) is 102 Å². The van der Waals surface area contributed by atoms with Gasteiger partial charge < -0.3 is 5.32 Å². The number of ketones is 1. The van der Waals surface area contributed by atoms with E-state index in [-0.39, 0.29) is 17.6 Å². The van der Waals surface area contributed by atoms with Crippen LogP contribution in [0.1, 0.15) is 120 Å². The van der Waals surface area contributed by atoms with Crippen LogP contribution in [-0.2, 0) is 4.79 Å². The lowest BCUT2D eigenvalue weighted by Gasteiger charge is -2.17. The van der Waals surface area contributed by atoms with Crippen LogP contribution in [0.2, 0.25) is 0 Å². The highest BCUT2D eigenvalue weighted by molar-refractivity contribution is 5.94. The third kappa shape index (κ3) is 14.0. The fourth-order valence-electron chi connectivity index (χ4n) is 4.39. The van der Waals surface area contributed by atoms with E-state index >= 15 is 0 Å². The Morgan fingerprint density at radius 2 is 1.18 bits per heavy atom. The summed E-state index contributed by atoms with van der Waals surface area (Å²) < 4.78 is 0. The Labute approximate surface area is 238 Å². The Kier molecular flexibility index (Phi) is 17.2. The van der Waals surface area contributed by atoms with Crippen LogP contribution in [0.25, 0.3) is 0 Å². The number of amides is 1. The minimum atomic E-state index is 0.0192. The summed E-state index contributed by atoms with van der Waals surface area (Å²) in [6, 6.07) is 28.3. The Bertz CT molecular complexity index is 1050. The molecule has 0 saturated carbocycles. The molecule has 0 spiro atoms. The monoisotopic (exact) mass is 529 g/mol. The minimum Gasteiger partial charge on any atom is -0.326 e. The lowest BCUT2D eigenvalue weighted by molar-refractivity contribution is -0.118. The molecule has 0 fully saturated rings. The maximum Gasteiger partial charge on any atom is 0.226 e. The van der Waals surface area contributed by atoms with Gasteiger partial charge in [0, 0.05) is 17.2 Å². The highest BCUT2D eigenvalue weighted by atomic mass is 16.1. The zero-order chi connectivity index (χ0) is 29.0. The summed E-state index contributed by atoms with van der Waals surface area (Å²) >= 11 is 0. The van der Waals surface area contributed by atoms with Crippen molar-refractivity contribution in [3.63, 3.8) is 0 Å². The summed E-state index contributed by atoms with van der Waals surface area (Å²) in [5.74, 6) is 1.56. The average molecular weight is 530 g/mol. The number of carbonyl (C=O) groups is 2. The van der Waals surface area contributed by atoms with Crippen molar-refractivity contribution in [3.8, 4) is 0 Å². The third-order valence-corrected chi connectivity index (χ3v) is 6.69. The second-order valence-corrected chi connectivity index (χ2v) is 10.6. The summed E-state index contributed by atoms with van der Waals surface area (Å²) in [5, 5.41) is 2.98. The molecule has 0 bridgehead atoms. The number of nitrogens with one attached hydrogen (secondary N) is 1. The van der Waals surface area contributed by atoms with Crippen molar-refractivity contribution in [2.24, 2.45) is 5.92 Å². The van der Waals surface area contributed by atoms with Crippen molar-refractivity contribution in [2.75, 3.05) is 5.32 Å². The largest absolute Gasteiger partial charge is 0.326 e. The highest BCUT2D eigenvalue weighted by Gasteiger charge is 2.12. The smallest absolute Gasteiger partial charge is 0.226 e. The molecule has 1 N–H and O–H groups in total. The van der Waals surface area contributed by atoms with Crippen molar-refractivity contribution in [2.45, 2.75) is 98.8 Å². The van der Waals surface area contributed by atoms with Gasteiger partial charge in [-0.05, 0) is 61.3 Å². The van der Waals surface area contributed by atoms with Gasteiger partial charge in [0.25, 0.3) is 0 Å². The predicted octanol–water partition coefficient (Wildman–Crippen LogP) is 10.4. The lowest BCUT2D eigenvalue weighted by Crippen LogP contribution is -2.17. The van der Waals surface area contributed by atoms with Crippen LogP contribution in [0.4, 0.5) is 5.69 Å². The van der Waals surface area contributed by atoms with E-state index in [1.807, 2.05) is 56.3 Å². The van der Waals surface area contributed by atoms with Crippen LogP contribution < -0.4 is 5.32 Å². The summed E-state index contributed by atoms with van der Waals surface area (Å²) in [6.45, 7) is 14.4. The number of hydrogen-bond donors (Lipinski definition) is 1. The summed E-state index contributed by atoms with van der Waals surface area (Å²) in [6.07, 6.45) is 7.41. The SMILES string of the molecule is CC(=O)c1ccccc1.CCCC(C)c1ccccc1.CCCC(CCC)c1cccc(NC(=O)C(C)C)c1. The lowest BCUT2D eigenvalue weighted by atomic mass is 9.90. The van der Waals surface area contributed by atoms with Crippen LogP contribution in [0.15, 0.2) is 84.9 Å². The molecule has 1 unspecified atom stereocenters. The Morgan fingerprint density at radius 3 is 1.64 bits per heavy atom. The van der Waals surface area contributed by atoms with Gasteiger partial charge in [0.2, 0.25) is 5.91 Å². The molecule has 0 heterocycles. The van der Waals surface area contributed by atoms with Crippen LogP contribution in [0.5, 0.6) is 0 Å². The van der Waals surface area contributed by atoms with Gasteiger partial charge in [0.05, 0.1) is 0 Å². The number of benzene rings is 3. The van der Waals surface area contributed by atoms with E-state index < -0.39 is 0 Å². The normalized spacial score (nSPS) is 11.1. The highest BCUT2D eigenvalue weighted by Crippen LogP contribution is 2.28. The van der Waals surface area contributed by atoms with Crippen molar-refractivity contribution >= 4 is 17.4 Å². The zero-order valence-corrected chi connectivity index (χ0v) is 25.4.